The topological polar surface area (TPSA) is 83.6 Å². The lowest BCUT2D eigenvalue weighted by Crippen LogP contribution is -2.16. The van der Waals surface area contributed by atoms with E-state index in [-0.39, 0.29) is 12.3 Å². The van der Waals surface area contributed by atoms with Gasteiger partial charge in [-0.25, -0.2) is 4.98 Å². The normalized spacial score (nSPS) is 10.5. The number of hydrogen-bond donors (Lipinski definition) is 2. The first-order chi connectivity index (χ1) is 11.1. The van der Waals surface area contributed by atoms with Gasteiger partial charge >= 0.3 is 0 Å². The Kier molecular flexibility index (Phi) is 4.14. The molecular formula is C17H17N5O. The fourth-order valence-electron chi connectivity index (χ4n) is 2.28. The van der Waals surface area contributed by atoms with Gasteiger partial charge in [-0.3, -0.25) is 14.9 Å². The number of anilines is 1. The molecule has 0 aliphatic rings. The summed E-state index contributed by atoms with van der Waals surface area (Å²) in [7, 11) is 0. The number of nitrogens with zero attached hydrogens (tertiary/aromatic N) is 3. The molecule has 116 valence electrons. The lowest BCUT2D eigenvalue weighted by atomic mass is 10.1. The van der Waals surface area contributed by atoms with E-state index in [0.29, 0.717) is 17.3 Å². The van der Waals surface area contributed by atoms with E-state index in [1.807, 2.05) is 50.2 Å². The van der Waals surface area contributed by atoms with Crippen LogP contribution in [0.15, 0.2) is 42.6 Å². The molecule has 6 nitrogen and oxygen atoms in total. The van der Waals surface area contributed by atoms with E-state index in [9.17, 15) is 4.79 Å². The van der Waals surface area contributed by atoms with Crippen LogP contribution in [0.25, 0.3) is 11.5 Å². The molecule has 0 bridgehead atoms. The highest BCUT2D eigenvalue weighted by atomic mass is 16.1. The molecule has 0 unspecified atom stereocenters. The van der Waals surface area contributed by atoms with E-state index in [0.717, 1.165) is 16.8 Å². The molecule has 3 rings (SSSR count). The van der Waals surface area contributed by atoms with Crippen LogP contribution in [-0.4, -0.2) is 26.1 Å². The molecule has 0 saturated heterocycles. The fourth-order valence-corrected chi connectivity index (χ4v) is 2.28. The summed E-state index contributed by atoms with van der Waals surface area (Å²) in [5.74, 6) is 0.855. The van der Waals surface area contributed by atoms with E-state index < -0.39 is 0 Å². The molecule has 1 amide bonds. The molecule has 2 N–H and O–H groups in total. The first kappa shape index (κ1) is 14.9. The highest BCUT2D eigenvalue weighted by molar-refractivity contribution is 5.92. The van der Waals surface area contributed by atoms with Crippen molar-refractivity contribution in [2.45, 2.75) is 20.3 Å². The average Bonchev–Trinajstić information content (AvgIpc) is 2.99. The SMILES string of the molecule is Cc1ccc(NC(=O)Cc2nc(-c3ccccn3)n[nH]2)c(C)c1. The zero-order valence-electron chi connectivity index (χ0n) is 13.0. The van der Waals surface area contributed by atoms with Crippen LogP contribution in [0.1, 0.15) is 17.0 Å². The zero-order valence-corrected chi connectivity index (χ0v) is 13.0. The van der Waals surface area contributed by atoms with Crippen molar-refractivity contribution >= 4 is 11.6 Å². The van der Waals surface area contributed by atoms with Crippen LogP contribution in [0.4, 0.5) is 5.69 Å². The van der Waals surface area contributed by atoms with Crippen LogP contribution in [0.5, 0.6) is 0 Å². The smallest absolute Gasteiger partial charge is 0.232 e. The summed E-state index contributed by atoms with van der Waals surface area (Å²) in [5, 5.41) is 9.77. The molecule has 0 aliphatic carbocycles. The molecule has 0 saturated carbocycles. The molecule has 6 heteroatoms. The first-order valence-electron chi connectivity index (χ1n) is 7.31. The molecule has 23 heavy (non-hydrogen) atoms. The number of carbonyl (C=O) groups excluding carboxylic acids is 1. The average molecular weight is 307 g/mol. The maximum absolute atomic E-state index is 12.2. The van der Waals surface area contributed by atoms with Crippen molar-refractivity contribution in [3.63, 3.8) is 0 Å². The second-order valence-corrected chi connectivity index (χ2v) is 5.36. The molecule has 0 atom stereocenters. The van der Waals surface area contributed by atoms with Gasteiger partial charge in [-0.05, 0) is 37.6 Å². The van der Waals surface area contributed by atoms with E-state index >= 15 is 0 Å². The lowest BCUT2D eigenvalue weighted by Gasteiger charge is -2.08. The third-order valence-corrected chi connectivity index (χ3v) is 3.41. The van der Waals surface area contributed by atoms with Crippen LogP contribution in [0.2, 0.25) is 0 Å². The predicted octanol–water partition coefficient (Wildman–Crippen LogP) is 2.66. The maximum Gasteiger partial charge on any atom is 0.232 e. The molecule has 0 radical (unpaired) electrons. The number of rotatable bonds is 4. The van der Waals surface area contributed by atoms with Crippen LogP contribution < -0.4 is 5.32 Å². The number of pyridine rings is 1. The van der Waals surface area contributed by atoms with Crippen molar-refractivity contribution in [3.8, 4) is 11.5 Å². The molecule has 2 aromatic heterocycles. The number of benzene rings is 1. The molecule has 2 heterocycles. The standard InChI is InChI=1S/C17H17N5O/c1-11-6-7-13(12(2)9-11)19-16(23)10-15-20-17(22-21-15)14-5-3-4-8-18-14/h3-9H,10H2,1-2H3,(H,19,23)(H,20,21,22). The number of aromatic amines is 1. The fraction of sp³-hybridized carbons (Fsp3) is 0.176. The third kappa shape index (κ3) is 3.60. The summed E-state index contributed by atoms with van der Waals surface area (Å²) in [5.41, 5.74) is 3.68. The summed E-state index contributed by atoms with van der Waals surface area (Å²) in [4.78, 5) is 20.6. The quantitative estimate of drug-likeness (QED) is 0.776. The van der Waals surface area contributed by atoms with Crippen LogP contribution >= 0.6 is 0 Å². The maximum atomic E-state index is 12.2. The molecule has 0 spiro atoms. The Labute approximate surface area is 134 Å². The number of hydrogen-bond acceptors (Lipinski definition) is 4. The van der Waals surface area contributed by atoms with Gasteiger partial charge in [-0.1, -0.05) is 23.8 Å². The number of aromatic nitrogens is 4. The zero-order chi connectivity index (χ0) is 16.2. The van der Waals surface area contributed by atoms with Crippen molar-refractivity contribution in [3.05, 3.63) is 59.5 Å². The molecular weight excluding hydrogens is 290 g/mol. The van der Waals surface area contributed by atoms with Crippen LogP contribution in [-0.2, 0) is 11.2 Å². The van der Waals surface area contributed by atoms with E-state index in [2.05, 4.69) is 25.5 Å². The Bertz CT molecular complexity index is 826. The number of carbonyl (C=O) groups is 1. The van der Waals surface area contributed by atoms with Crippen LogP contribution in [0.3, 0.4) is 0 Å². The van der Waals surface area contributed by atoms with Gasteiger partial charge in [0.2, 0.25) is 5.91 Å². The largest absolute Gasteiger partial charge is 0.325 e. The Hall–Kier alpha value is -3.02. The first-order valence-corrected chi connectivity index (χ1v) is 7.31. The summed E-state index contributed by atoms with van der Waals surface area (Å²) in [6, 6.07) is 11.4. The summed E-state index contributed by atoms with van der Waals surface area (Å²) in [6.45, 7) is 3.99. The van der Waals surface area contributed by atoms with Gasteiger partial charge in [0.1, 0.15) is 11.5 Å². The van der Waals surface area contributed by atoms with Gasteiger partial charge in [0.25, 0.3) is 0 Å². The van der Waals surface area contributed by atoms with E-state index in [4.69, 9.17) is 0 Å². The van der Waals surface area contributed by atoms with Crippen LogP contribution in [0, 0.1) is 13.8 Å². The number of amides is 1. The predicted molar refractivity (Wildman–Crippen MR) is 87.9 cm³/mol. The Balaban J connectivity index is 1.68. The highest BCUT2D eigenvalue weighted by Gasteiger charge is 2.11. The van der Waals surface area contributed by atoms with Crippen molar-refractivity contribution in [2.24, 2.45) is 0 Å². The summed E-state index contributed by atoms with van der Waals surface area (Å²) < 4.78 is 0. The summed E-state index contributed by atoms with van der Waals surface area (Å²) in [6.07, 6.45) is 1.81. The van der Waals surface area contributed by atoms with Gasteiger partial charge in [0.05, 0.1) is 6.42 Å². The van der Waals surface area contributed by atoms with Crippen molar-refractivity contribution in [1.29, 1.82) is 0 Å². The minimum atomic E-state index is -0.138. The van der Waals surface area contributed by atoms with E-state index in [1.165, 1.54) is 0 Å². The minimum Gasteiger partial charge on any atom is -0.325 e. The number of H-pyrrole nitrogens is 1. The molecule has 1 aromatic carbocycles. The molecule has 3 aromatic rings. The Morgan fingerprint density at radius 2 is 2.09 bits per heavy atom. The van der Waals surface area contributed by atoms with Gasteiger partial charge in [0, 0.05) is 11.9 Å². The lowest BCUT2D eigenvalue weighted by molar-refractivity contribution is -0.115. The second-order valence-electron chi connectivity index (χ2n) is 5.36. The third-order valence-electron chi connectivity index (χ3n) is 3.41. The Morgan fingerprint density at radius 1 is 1.22 bits per heavy atom. The Morgan fingerprint density at radius 3 is 2.83 bits per heavy atom. The number of aryl methyl sites for hydroxylation is 2. The number of nitrogens with one attached hydrogen (secondary N) is 2. The summed E-state index contributed by atoms with van der Waals surface area (Å²) >= 11 is 0. The van der Waals surface area contributed by atoms with Crippen molar-refractivity contribution in [1.82, 2.24) is 20.2 Å². The highest BCUT2D eigenvalue weighted by Crippen LogP contribution is 2.16. The minimum absolute atomic E-state index is 0.132. The second kappa shape index (κ2) is 6.39. The van der Waals surface area contributed by atoms with Crippen molar-refractivity contribution < 1.29 is 4.79 Å². The molecule has 0 aliphatic heterocycles. The van der Waals surface area contributed by atoms with Gasteiger partial charge in [0.15, 0.2) is 5.82 Å². The monoisotopic (exact) mass is 307 g/mol. The van der Waals surface area contributed by atoms with Gasteiger partial charge < -0.3 is 5.32 Å². The molecule has 0 fully saturated rings. The van der Waals surface area contributed by atoms with E-state index in [1.54, 1.807) is 6.20 Å². The van der Waals surface area contributed by atoms with Crippen molar-refractivity contribution in [2.75, 3.05) is 5.32 Å². The van der Waals surface area contributed by atoms with Gasteiger partial charge in [-0.15, -0.1) is 0 Å². The van der Waals surface area contributed by atoms with Gasteiger partial charge in [-0.2, -0.15) is 5.10 Å².